The average Bonchev–Trinajstić information content (AvgIpc) is 3.17. The molecule has 7 nitrogen and oxygen atoms in total. The Morgan fingerprint density at radius 2 is 1.79 bits per heavy atom. The van der Waals surface area contributed by atoms with Gasteiger partial charge in [0.25, 0.3) is 0 Å². The molecule has 0 fully saturated rings. The van der Waals surface area contributed by atoms with Crippen LogP contribution < -0.4 is 5.32 Å². The van der Waals surface area contributed by atoms with Crippen LogP contribution in [-0.4, -0.2) is 40.4 Å². The fraction of sp³-hybridized carbons (Fsp3) is 0.238. The van der Waals surface area contributed by atoms with Crippen LogP contribution in [0.3, 0.4) is 0 Å². The van der Waals surface area contributed by atoms with Gasteiger partial charge in [-0.1, -0.05) is 53.2 Å². The van der Waals surface area contributed by atoms with Crippen LogP contribution in [0.25, 0.3) is 11.4 Å². The zero-order valence-electron chi connectivity index (χ0n) is 15.9. The number of rotatable bonds is 7. The van der Waals surface area contributed by atoms with Crippen molar-refractivity contribution in [3.8, 4) is 11.4 Å². The van der Waals surface area contributed by atoms with Crippen LogP contribution in [0.5, 0.6) is 0 Å². The van der Waals surface area contributed by atoms with E-state index >= 15 is 0 Å². The smallest absolute Gasteiger partial charge is 0.243 e. The minimum Gasteiger partial charge on any atom is -0.339 e. The molecule has 0 bridgehead atoms. The third kappa shape index (κ3) is 5.26. The molecule has 144 valence electrons. The number of hydrogen-bond donors (Lipinski definition) is 1. The van der Waals surface area contributed by atoms with Crippen LogP contribution >= 0.6 is 0 Å². The second-order valence-electron chi connectivity index (χ2n) is 6.54. The van der Waals surface area contributed by atoms with Gasteiger partial charge in [-0.25, -0.2) is 0 Å². The van der Waals surface area contributed by atoms with E-state index in [0.29, 0.717) is 23.8 Å². The molecule has 0 radical (unpaired) electrons. The van der Waals surface area contributed by atoms with Crippen molar-refractivity contribution >= 4 is 17.5 Å². The van der Waals surface area contributed by atoms with Crippen molar-refractivity contribution in [2.24, 2.45) is 0 Å². The summed E-state index contributed by atoms with van der Waals surface area (Å²) in [5, 5.41) is 6.71. The molecule has 3 rings (SSSR count). The second-order valence-corrected chi connectivity index (χ2v) is 6.54. The lowest BCUT2D eigenvalue weighted by Gasteiger charge is -2.16. The summed E-state index contributed by atoms with van der Waals surface area (Å²) in [4.78, 5) is 30.1. The summed E-state index contributed by atoms with van der Waals surface area (Å²) in [6, 6.07) is 17.0. The zero-order valence-corrected chi connectivity index (χ0v) is 15.9. The highest BCUT2D eigenvalue weighted by molar-refractivity contribution is 5.94. The molecule has 0 saturated heterocycles. The van der Waals surface area contributed by atoms with Crippen molar-refractivity contribution in [3.05, 3.63) is 66.1 Å². The monoisotopic (exact) mass is 378 g/mol. The Bertz CT molecular complexity index is 936. The molecule has 0 unspecified atom stereocenters. The number of anilines is 1. The minimum atomic E-state index is -0.246. The molecular weight excluding hydrogens is 356 g/mol. The summed E-state index contributed by atoms with van der Waals surface area (Å²) in [7, 11) is 1.60. The van der Waals surface area contributed by atoms with Gasteiger partial charge in [-0.15, -0.1) is 0 Å². The van der Waals surface area contributed by atoms with Gasteiger partial charge in [-0.2, -0.15) is 4.98 Å². The SMILES string of the molecule is Cc1ccc(NC(=O)CN(C)C(=O)CCc2nc(-c3ccccc3)no2)cc1. The van der Waals surface area contributed by atoms with Gasteiger partial charge < -0.3 is 14.7 Å². The lowest BCUT2D eigenvalue weighted by Crippen LogP contribution is -2.35. The maximum Gasteiger partial charge on any atom is 0.243 e. The number of hydrogen-bond acceptors (Lipinski definition) is 5. The second kappa shape index (κ2) is 8.94. The molecule has 2 amide bonds. The van der Waals surface area contributed by atoms with Crippen LogP contribution in [0, 0.1) is 6.92 Å². The van der Waals surface area contributed by atoms with Crippen molar-refractivity contribution in [2.75, 3.05) is 18.9 Å². The summed E-state index contributed by atoms with van der Waals surface area (Å²) in [5.74, 6) is 0.473. The minimum absolute atomic E-state index is 0.0220. The molecule has 0 aliphatic carbocycles. The number of benzene rings is 2. The van der Waals surface area contributed by atoms with Gasteiger partial charge in [0.1, 0.15) is 0 Å². The van der Waals surface area contributed by atoms with Gasteiger partial charge in [0, 0.05) is 31.1 Å². The van der Waals surface area contributed by atoms with E-state index < -0.39 is 0 Å². The Kier molecular flexibility index (Phi) is 6.16. The van der Waals surface area contributed by atoms with E-state index in [1.165, 1.54) is 4.90 Å². The summed E-state index contributed by atoms with van der Waals surface area (Å²) in [6.07, 6.45) is 0.507. The first-order chi connectivity index (χ1) is 13.5. The average molecular weight is 378 g/mol. The molecule has 2 aromatic carbocycles. The van der Waals surface area contributed by atoms with Gasteiger partial charge in [-0.05, 0) is 19.1 Å². The lowest BCUT2D eigenvalue weighted by atomic mass is 10.2. The largest absolute Gasteiger partial charge is 0.339 e. The third-order valence-corrected chi connectivity index (χ3v) is 4.19. The van der Waals surface area contributed by atoms with Crippen LogP contribution in [0.1, 0.15) is 17.9 Å². The van der Waals surface area contributed by atoms with E-state index in [-0.39, 0.29) is 24.8 Å². The molecule has 7 heteroatoms. The molecule has 1 heterocycles. The highest BCUT2D eigenvalue weighted by atomic mass is 16.5. The molecular formula is C21H22N4O3. The number of carbonyl (C=O) groups is 2. The summed E-state index contributed by atoms with van der Waals surface area (Å²) >= 11 is 0. The van der Waals surface area contributed by atoms with E-state index in [2.05, 4.69) is 15.5 Å². The topological polar surface area (TPSA) is 88.3 Å². The number of aryl methyl sites for hydroxylation is 2. The molecule has 3 aromatic rings. The molecule has 1 aromatic heterocycles. The van der Waals surface area contributed by atoms with Gasteiger partial charge in [0.2, 0.25) is 23.5 Å². The molecule has 0 spiro atoms. The first-order valence-electron chi connectivity index (χ1n) is 9.00. The Labute approximate surface area is 163 Å². The van der Waals surface area contributed by atoms with Crippen molar-refractivity contribution in [1.29, 1.82) is 0 Å². The number of nitrogens with zero attached hydrogens (tertiary/aromatic N) is 3. The van der Waals surface area contributed by atoms with Crippen LogP contribution in [0.15, 0.2) is 59.1 Å². The number of amides is 2. The maximum absolute atomic E-state index is 12.3. The first kappa shape index (κ1) is 19.3. The molecule has 1 N–H and O–H groups in total. The van der Waals surface area contributed by atoms with E-state index in [4.69, 9.17) is 4.52 Å². The Balaban J connectivity index is 1.47. The van der Waals surface area contributed by atoms with Gasteiger partial charge in [-0.3, -0.25) is 9.59 Å². The normalized spacial score (nSPS) is 10.5. The van der Waals surface area contributed by atoms with Gasteiger partial charge in [0.15, 0.2) is 0 Å². The number of carbonyl (C=O) groups excluding carboxylic acids is 2. The maximum atomic E-state index is 12.3. The summed E-state index contributed by atoms with van der Waals surface area (Å²) in [6.45, 7) is 1.95. The molecule has 0 aliphatic rings. The molecule has 0 aliphatic heterocycles. The van der Waals surface area contributed by atoms with Crippen molar-refractivity contribution in [2.45, 2.75) is 19.8 Å². The van der Waals surface area contributed by atoms with Crippen LogP contribution in [0.2, 0.25) is 0 Å². The summed E-state index contributed by atoms with van der Waals surface area (Å²) in [5.41, 5.74) is 2.67. The Morgan fingerprint density at radius 3 is 2.50 bits per heavy atom. The summed E-state index contributed by atoms with van der Waals surface area (Å²) < 4.78 is 5.21. The third-order valence-electron chi connectivity index (χ3n) is 4.19. The fourth-order valence-corrected chi connectivity index (χ4v) is 2.61. The van der Waals surface area contributed by atoms with E-state index in [1.807, 2.05) is 61.5 Å². The van der Waals surface area contributed by atoms with Crippen molar-refractivity contribution in [3.63, 3.8) is 0 Å². The van der Waals surface area contributed by atoms with Gasteiger partial charge in [0.05, 0.1) is 6.54 Å². The Morgan fingerprint density at radius 1 is 1.07 bits per heavy atom. The van der Waals surface area contributed by atoms with E-state index in [9.17, 15) is 9.59 Å². The first-order valence-corrected chi connectivity index (χ1v) is 9.00. The zero-order chi connectivity index (χ0) is 19.9. The fourth-order valence-electron chi connectivity index (χ4n) is 2.61. The van der Waals surface area contributed by atoms with Crippen LogP contribution in [0.4, 0.5) is 5.69 Å². The van der Waals surface area contributed by atoms with Crippen molar-refractivity contribution < 1.29 is 14.1 Å². The predicted molar refractivity (Wildman–Crippen MR) is 106 cm³/mol. The number of likely N-dealkylation sites (N-methyl/N-ethyl adjacent to an activating group) is 1. The van der Waals surface area contributed by atoms with Gasteiger partial charge >= 0.3 is 0 Å². The number of aromatic nitrogens is 2. The Hall–Kier alpha value is -3.48. The molecule has 28 heavy (non-hydrogen) atoms. The standard InChI is InChI=1S/C21H22N4O3/c1-15-8-10-17(11-9-15)22-18(26)14-25(2)20(27)13-12-19-23-21(24-28-19)16-6-4-3-5-7-16/h3-11H,12-14H2,1-2H3,(H,22,26). The highest BCUT2D eigenvalue weighted by Gasteiger charge is 2.15. The highest BCUT2D eigenvalue weighted by Crippen LogP contribution is 2.15. The van der Waals surface area contributed by atoms with E-state index in [0.717, 1.165) is 11.1 Å². The molecule has 0 saturated carbocycles. The van der Waals surface area contributed by atoms with E-state index in [1.54, 1.807) is 7.05 Å². The quantitative estimate of drug-likeness (QED) is 0.683. The number of nitrogens with one attached hydrogen (secondary N) is 1. The molecule has 0 atom stereocenters. The van der Waals surface area contributed by atoms with Crippen LogP contribution in [-0.2, 0) is 16.0 Å². The predicted octanol–water partition coefficient (Wildman–Crippen LogP) is 3.07. The lowest BCUT2D eigenvalue weighted by molar-refractivity contribution is -0.133. The van der Waals surface area contributed by atoms with Crippen molar-refractivity contribution in [1.82, 2.24) is 15.0 Å².